The number of methoxy groups -OCH3 is 1. The van der Waals surface area contributed by atoms with E-state index in [9.17, 15) is 10.2 Å². The van der Waals surface area contributed by atoms with Crippen LogP contribution < -0.4 is 0 Å². The molecule has 4 nitrogen and oxygen atoms in total. The number of aliphatic hydroxyl groups excluding tert-OH is 2. The van der Waals surface area contributed by atoms with Crippen molar-refractivity contribution in [2.75, 3.05) is 21.2 Å². The topological polar surface area (TPSA) is 52.9 Å². The van der Waals surface area contributed by atoms with Crippen molar-refractivity contribution in [1.82, 2.24) is 4.90 Å². The first-order valence-electron chi connectivity index (χ1n) is 4.63. The van der Waals surface area contributed by atoms with Gasteiger partial charge in [-0.15, -0.1) is 0 Å². The molecule has 4 heteroatoms. The van der Waals surface area contributed by atoms with Crippen molar-refractivity contribution in [3.63, 3.8) is 0 Å². The van der Waals surface area contributed by atoms with Crippen LogP contribution in [0.2, 0.25) is 0 Å². The monoisotopic (exact) mass is 189 g/mol. The lowest BCUT2D eigenvalue weighted by molar-refractivity contribution is -0.114. The molecule has 1 saturated carbocycles. The average Bonchev–Trinajstić information content (AvgIpc) is 2.04. The third-order valence-electron chi connectivity index (χ3n) is 2.77. The van der Waals surface area contributed by atoms with E-state index in [0.29, 0.717) is 6.42 Å². The van der Waals surface area contributed by atoms with Crippen LogP contribution in [-0.2, 0) is 4.74 Å². The summed E-state index contributed by atoms with van der Waals surface area (Å²) < 4.78 is 5.14. The molecule has 2 N–H and O–H groups in total. The summed E-state index contributed by atoms with van der Waals surface area (Å²) in [6.07, 6.45) is 0.234. The number of nitrogens with zero attached hydrogens (tertiary/aromatic N) is 1. The average molecular weight is 189 g/mol. The van der Waals surface area contributed by atoms with E-state index in [1.807, 2.05) is 19.0 Å². The molecule has 0 aromatic carbocycles. The summed E-state index contributed by atoms with van der Waals surface area (Å²) in [4.78, 5) is 1.85. The Bertz CT molecular complexity index is 163. The minimum absolute atomic E-state index is 0.143. The highest BCUT2D eigenvalue weighted by Crippen LogP contribution is 2.24. The molecule has 0 bridgehead atoms. The lowest BCUT2D eigenvalue weighted by Crippen LogP contribution is -2.56. The summed E-state index contributed by atoms with van der Waals surface area (Å²) in [5.74, 6) is 0. The van der Waals surface area contributed by atoms with Crippen molar-refractivity contribution in [3.05, 3.63) is 0 Å². The Hall–Kier alpha value is -0.160. The molecule has 1 fully saturated rings. The standard InChI is InChI=1S/C9H19NO3/c1-10(2)8-6(11)4-5-7(13-3)9(8)12/h6-9,11-12H,4-5H2,1-3H3/t6-,7+,8+,9-/m1/s1. The zero-order valence-corrected chi connectivity index (χ0v) is 8.47. The molecule has 0 aliphatic heterocycles. The fourth-order valence-electron chi connectivity index (χ4n) is 2.03. The predicted octanol–water partition coefficient (Wildman–Crippen LogP) is -0.553. The summed E-state index contributed by atoms with van der Waals surface area (Å²) >= 11 is 0. The van der Waals surface area contributed by atoms with Gasteiger partial charge in [0.05, 0.1) is 24.4 Å². The number of rotatable bonds is 2. The van der Waals surface area contributed by atoms with Gasteiger partial charge in [0.25, 0.3) is 0 Å². The van der Waals surface area contributed by atoms with E-state index >= 15 is 0 Å². The first-order valence-corrected chi connectivity index (χ1v) is 4.63. The summed E-state index contributed by atoms with van der Waals surface area (Å²) in [6, 6.07) is -0.210. The second kappa shape index (κ2) is 4.37. The molecule has 0 saturated heterocycles. The minimum Gasteiger partial charge on any atom is -0.391 e. The molecule has 13 heavy (non-hydrogen) atoms. The van der Waals surface area contributed by atoms with Crippen molar-refractivity contribution in [2.45, 2.75) is 37.2 Å². The molecule has 0 unspecified atom stereocenters. The highest BCUT2D eigenvalue weighted by atomic mass is 16.5. The molecule has 1 aliphatic carbocycles. The molecule has 0 aromatic heterocycles. The van der Waals surface area contributed by atoms with Gasteiger partial charge in [0, 0.05) is 7.11 Å². The Morgan fingerprint density at radius 2 is 1.85 bits per heavy atom. The van der Waals surface area contributed by atoms with Gasteiger partial charge in [-0.1, -0.05) is 0 Å². The molecule has 0 amide bonds. The predicted molar refractivity (Wildman–Crippen MR) is 49.5 cm³/mol. The van der Waals surface area contributed by atoms with Crippen molar-refractivity contribution in [3.8, 4) is 0 Å². The maximum Gasteiger partial charge on any atom is 0.0981 e. The molecular formula is C9H19NO3. The zero-order chi connectivity index (χ0) is 10.0. The van der Waals surface area contributed by atoms with Gasteiger partial charge in [-0.25, -0.2) is 0 Å². The van der Waals surface area contributed by atoms with E-state index in [0.717, 1.165) is 6.42 Å². The number of aliphatic hydroxyl groups is 2. The lowest BCUT2D eigenvalue weighted by atomic mass is 9.87. The molecule has 0 aromatic rings. The first-order chi connectivity index (χ1) is 6.07. The molecule has 0 heterocycles. The quantitative estimate of drug-likeness (QED) is 0.612. The van der Waals surface area contributed by atoms with Crippen molar-refractivity contribution < 1.29 is 14.9 Å². The van der Waals surface area contributed by atoms with Crippen LogP contribution in [0.5, 0.6) is 0 Å². The maximum atomic E-state index is 9.84. The highest BCUT2D eigenvalue weighted by molar-refractivity contribution is 4.92. The molecule has 0 radical (unpaired) electrons. The van der Waals surface area contributed by atoms with Crippen LogP contribution in [0.4, 0.5) is 0 Å². The fraction of sp³-hybridized carbons (Fsp3) is 1.00. The Morgan fingerprint density at radius 1 is 1.23 bits per heavy atom. The zero-order valence-electron chi connectivity index (χ0n) is 8.47. The van der Waals surface area contributed by atoms with Crippen molar-refractivity contribution in [1.29, 1.82) is 0 Å². The van der Waals surface area contributed by atoms with Crippen LogP contribution in [0.3, 0.4) is 0 Å². The normalized spacial score (nSPS) is 41.1. The molecule has 1 aliphatic rings. The van der Waals surface area contributed by atoms with E-state index in [1.54, 1.807) is 7.11 Å². The first kappa shape index (κ1) is 10.9. The van der Waals surface area contributed by atoms with E-state index < -0.39 is 12.2 Å². The Labute approximate surface area is 79.1 Å². The van der Waals surface area contributed by atoms with E-state index in [2.05, 4.69) is 0 Å². The third kappa shape index (κ3) is 2.20. The number of hydrogen-bond donors (Lipinski definition) is 2. The molecule has 4 atom stereocenters. The highest BCUT2D eigenvalue weighted by Gasteiger charge is 2.38. The summed E-state index contributed by atoms with van der Waals surface area (Å²) in [6.45, 7) is 0. The Balaban J connectivity index is 2.66. The number of likely N-dealkylation sites (N-methyl/N-ethyl adjacent to an activating group) is 1. The van der Waals surface area contributed by atoms with Crippen LogP contribution in [-0.4, -0.2) is 60.7 Å². The smallest absolute Gasteiger partial charge is 0.0981 e. The van der Waals surface area contributed by atoms with Gasteiger partial charge < -0.3 is 19.8 Å². The van der Waals surface area contributed by atoms with Gasteiger partial charge >= 0.3 is 0 Å². The van der Waals surface area contributed by atoms with Crippen LogP contribution in [0.25, 0.3) is 0 Å². The SMILES string of the molecule is CO[C@H]1CC[C@@H](O)[C@H](N(C)C)[C@@H]1O. The van der Waals surface area contributed by atoms with Gasteiger partial charge in [0.1, 0.15) is 0 Å². The minimum atomic E-state index is -0.594. The third-order valence-corrected chi connectivity index (χ3v) is 2.77. The number of ether oxygens (including phenoxy) is 1. The molecule has 78 valence electrons. The maximum absolute atomic E-state index is 9.84. The largest absolute Gasteiger partial charge is 0.391 e. The van der Waals surface area contributed by atoms with Crippen LogP contribution in [0, 0.1) is 0 Å². The van der Waals surface area contributed by atoms with Crippen LogP contribution >= 0.6 is 0 Å². The number of hydrogen-bond acceptors (Lipinski definition) is 4. The molecular weight excluding hydrogens is 170 g/mol. The second-order valence-electron chi connectivity index (χ2n) is 3.86. The molecule has 0 spiro atoms. The fourth-order valence-corrected chi connectivity index (χ4v) is 2.03. The van der Waals surface area contributed by atoms with Crippen LogP contribution in [0.15, 0.2) is 0 Å². The van der Waals surface area contributed by atoms with Gasteiger partial charge in [0.2, 0.25) is 0 Å². The summed E-state index contributed by atoms with van der Waals surface area (Å²) in [5.41, 5.74) is 0. The van der Waals surface area contributed by atoms with Gasteiger partial charge in [-0.3, -0.25) is 0 Å². The van der Waals surface area contributed by atoms with Gasteiger partial charge in [-0.2, -0.15) is 0 Å². The van der Waals surface area contributed by atoms with Crippen molar-refractivity contribution in [2.24, 2.45) is 0 Å². The van der Waals surface area contributed by atoms with Gasteiger partial charge in [-0.05, 0) is 26.9 Å². The van der Waals surface area contributed by atoms with E-state index in [-0.39, 0.29) is 12.1 Å². The van der Waals surface area contributed by atoms with E-state index in [1.165, 1.54) is 0 Å². The molecule has 1 rings (SSSR count). The van der Waals surface area contributed by atoms with E-state index in [4.69, 9.17) is 4.74 Å². The summed E-state index contributed by atoms with van der Waals surface area (Å²) in [7, 11) is 5.31. The lowest BCUT2D eigenvalue weighted by Gasteiger charge is -2.40. The van der Waals surface area contributed by atoms with Gasteiger partial charge in [0.15, 0.2) is 0 Å². The summed E-state index contributed by atoms with van der Waals surface area (Å²) in [5, 5.41) is 19.5. The Morgan fingerprint density at radius 3 is 2.31 bits per heavy atom. The second-order valence-corrected chi connectivity index (χ2v) is 3.86. The van der Waals surface area contributed by atoms with Crippen molar-refractivity contribution >= 4 is 0 Å². The van der Waals surface area contributed by atoms with Crippen LogP contribution in [0.1, 0.15) is 12.8 Å². The Kier molecular flexibility index (Phi) is 3.67.